The van der Waals surface area contributed by atoms with Crippen LogP contribution in [0.2, 0.25) is 0 Å². The maximum Gasteiger partial charge on any atom is 0.133 e. The second-order valence-electron chi connectivity index (χ2n) is 4.39. The highest BCUT2D eigenvalue weighted by molar-refractivity contribution is 7.13. The van der Waals surface area contributed by atoms with Crippen LogP contribution < -0.4 is 0 Å². The number of aromatic nitrogens is 1. The SMILES string of the molecule is Cc1cccc(-c2csc(-c3ccccc3F)n2)c1. The van der Waals surface area contributed by atoms with E-state index in [0.29, 0.717) is 5.56 Å². The molecular weight excluding hydrogens is 257 g/mol. The van der Waals surface area contributed by atoms with Crippen LogP contribution in [0.4, 0.5) is 4.39 Å². The van der Waals surface area contributed by atoms with Gasteiger partial charge in [0.05, 0.1) is 5.69 Å². The lowest BCUT2D eigenvalue weighted by atomic mass is 10.1. The van der Waals surface area contributed by atoms with E-state index in [9.17, 15) is 4.39 Å². The molecule has 0 aliphatic rings. The summed E-state index contributed by atoms with van der Waals surface area (Å²) in [5, 5.41) is 2.69. The molecule has 3 rings (SSSR count). The maximum atomic E-state index is 13.7. The van der Waals surface area contributed by atoms with Crippen LogP contribution in [-0.2, 0) is 0 Å². The molecule has 0 N–H and O–H groups in total. The first-order chi connectivity index (χ1) is 9.24. The highest BCUT2D eigenvalue weighted by Gasteiger charge is 2.10. The fraction of sp³-hybridized carbons (Fsp3) is 0.0625. The standard InChI is InChI=1S/C16H12FNS/c1-11-5-4-6-12(9-11)15-10-19-16(18-15)13-7-2-3-8-14(13)17/h2-10H,1H3. The minimum Gasteiger partial charge on any atom is -0.236 e. The zero-order chi connectivity index (χ0) is 13.2. The predicted molar refractivity (Wildman–Crippen MR) is 77.7 cm³/mol. The summed E-state index contributed by atoms with van der Waals surface area (Å²) in [4.78, 5) is 4.53. The van der Waals surface area contributed by atoms with Crippen molar-refractivity contribution in [3.63, 3.8) is 0 Å². The Kier molecular flexibility index (Phi) is 3.13. The van der Waals surface area contributed by atoms with Gasteiger partial charge in [-0.25, -0.2) is 9.37 Å². The van der Waals surface area contributed by atoms with E-state index < -0.39 is 0 Å². The van der Waals surface area contributed by atoms with Gasteiger partial charge in [-0.3, -0.25) is 0 Å². The molecule has 19 heavy (non-hydrogen) atoms. The molecule has 0 spiro atoms. The summed E-state index contributed by atoms with van der Waals surface area (Å²) < 4.78 is 13.7. The first-order valence-electron chi connectivity index (χ1n) is 6.01. The topological polar surface area (TPSA) is 12.9 Å². The van der Waals surface area contributed by atoms with Gasteiger partial charge in [-0.2, -0.15) is 0 Å². The van der Waals surface area contributed by atoms with E-state index in [2.05, 4.69) is 11.1 Å². The molecule has 2 aromatic carbocycles. The first-order valence-corrected chi connectivity index (χ1v) is 6.89. The van der Waals surface area contributed by atoms with E-state index in [-0.39, 0.29) is 5.82 Å². The molecule has 1 heterocycles. The monoisotopic (exact) mass is 269 g/mol. The number of halogens is 1. The minimum atomic E-state index is -0.229. The summed E-state index contributed by atoms with van der Waals surface area (Å²) >= 11 is 1.47. The zero-order valence-electron chi connectivity index (χ0n) is 10.4. The number of thiazole rings is 1. The molecular formula is C16H12FNS. The van der Waals surface area contributed by atoms with Crippen molar-refractivity contribution in [2.75, 3.05) is 0 Å². The Balaban J connectivity index is 2.03. The molecule has 0 saturated carbocycles. The summed E-state index contributed by atoms with van der Waals surface area (Å²) in [5.74, 6) is -0.229. The van der Waals surface area contributed by atoms with E-state index in [1.54, 1.807) is 12.1 Å². The lowest BCUT2D eigenvalue weighted by Gasteiger charge is -1.99. The Bertz CT molecular complexity index is 718. The van der Waals surface area contributed by atoms with Crippen LogP contribution in [0.25, 0.3) is 21.8 Å². The summed E-state index contributed by atoms with van der Waals surface area (Å²) in [6.07, 6.45) is 0. The molecule has 0 amide bonds. The van der Waals surface area contributed by atoms with Crippen molar-refractivity contribution in [3.05, 3.63) is 65.3 Å². The molecule has 0 unspecified atom stereocenters. The Morgan fingerprint density at radius 1 is 1.05 bits per heavy atom. The summed E-state index contributed by atoms with van der Waals surface area (Å²) in [5.41, 5.74) is 3.72. The Morgan fingerprint density at radius 2 is 1.89 bits per heavy atom. The van der Waals surface area contributed by atoms with Crippen molar-refractivity contribution in [1.29, 1.82) is 0 Å². The molecule has 3 aromatic rings. The molecule has 3 heteroatoms. The fourth-order valence-corrected chi connectivity index (χ4v) is 2.82. The minimum absolute atomic E-state index is 0.229. The molecule has 94 valence electrons. The maximum absolute atomic E-state index is 13.7. The third kappa shape index (κ3) is 2.42. The normalized spacial score (nSPS) is 10.6. The van der Waals surface area contributed by atoms with Crippen molar-refractivity contribution in [1.82, 2.24) is 4.98 Å². The van der Waals surface area contributed by atoms with Crippen LogP contribution in [0.3, 0.4) is 0 Å². The molecule has 1 nitrogen and oxygen atoms in total. The van der Waals surface area contributed by atoms with Gasteiger partial charge < -0.3 is 0 Å². The van der Waals surface area contributed by atoms with Gasteiger partial charge in [0.15, 0.2) is 0 Å². The number of hydrogen-bond donors (Lipinski definition) is 0. The van der Waals surface area contributed by atoms with Crippen LogP contribution in [-0.4, -0.2) is 4.98 Å². The number of nitrogens with zero attached hydrogens (tertiary/aromatic N) is 1. The third-order valence-corrected chi connectivity index (χ3v) is 3.80. The second-order valence-corrected chi connectivity index (χ2v) is 5.25. The van der Waals surface area contributed by atoms with E-state index in [1.165, 1.54) is 23.0 Å². The highest BCUT2D eigenvalue weighted by Crippen LogP contribution is 2.30. The van der Waals surface area contributed by atoms with Gasteiger partial charge in [-0.1, -0.05) is 35.9 Å². The predicted octanol–water partition coefficient (Wildman–Crippen LogP) is 4.92. The Hall–Kier alpha value is -2.00. The summed E-state index contributed by atoms with van der Waals surface area (Å²) in [7, 11) is 0. The van der Waals surface area contributed by atoms with Gasteiger partial charge in [0, 0.05) is 16.5 Å². The van der Waals surface area contributed by atoms with Crippen molar-refractivity contribution < 1.29 is 4.39 Å². The fourth-order valence-electron chi connectivity index (χ4n) is 1.97. The van der Waals surface area contributed by atoms with Crippen LogP contribution in [0.1, 0.15) is 5.56 Å². The average Bonchev–Trinajstić information content (AvgIpc) is 2.89. The quantitative estimate of drug-likeness (QED) is 0.643. The van der Waals surface area contributed by atoms with E-state index in [1.807, 2.05) is 36.6 Å². The molecule has 1 aromatic heterocycles. The third-order valence-electron chi connectivity index (χ3n) is 2.92. The second kappa shape index (κ2) is 4.94. The highest BCUT2D eigenvalue weighted by atomic mass is 32.1. The van der Waals surface area contributed by atoms with E-state index >= 15 is 0 Å². The van der Waals surface area contributed by atoms with Crippen molar-refractivity contribution in [3.8, 4) is 21.8 Å². The van der Waals surface area contributed by atoms with Gasteiger partial charge >= 0.3 is 0 Å². The van der Waals surface area contributed by atoms with E-state index in [0.717, 1.165) is 16.3 Å². The molecule has 0 saturated heterocycles. The van der Waals surface area contributed by atoms with Gasteiger partial charge in [0.25, 0.3) is 0 Å². The van der Waals surface area contributed by atoms with Crippen LogP contribution >= 0.6 is 11.3 Å². The lowest BCUT2D eigenvalue weighted by Crippen LogP contribution is -1.83. The van der Waals surface area contributed by atoms with Crippen molar-refractivity contribution >= 4 is 11.3 Å². The molecule has 0 fully saturated rings. The average molecular weight is 269 g/mol. The number of hydrogen-bond acceptors (Lipinski definition) is 2. The smallest absolute Gasteiger partial charge is 0.133 e. The summed E-state index contributed by atoms with van der Waals surface area (Å²) in [6, 6.07) is 14.9. The number of aryl methyl sites for hydroxylation is 1. The van der Waals surface area contributed by atoms with Gasteiger partial charge in [0.1, 0.15) is 10.8 Å². The Morgan fingerprint density at radius 3 is 2.68 bits per heavy atom. The lowest BCUT2D eigenvalue weighted by molar-refractivity contribution is 0.631. The number of rotatable bonds is 2. The zero-order valence-corrected chi connectivity index (χ0v) is 11.2. The van der Waals surface area contributed by atoms with E-state index in [4.69, 9.17) is 0 Å². The van der Waals surface area contributed by atoms with Gasteiger partial charge in [-0.15, -0.1) is 11.3 Å². The van der Waals surface area contributed by atoms with Crippen molar-refractivity contribution in [2.45, 2.75) is 6.92 Å². The molecule has 0 atom stereocenters. The van der Waals surface area contributed by atoms with Gasteiger partial charge in [-0.05, 0) is 25.1 Å². The van der Waals surface area contributed by atoms with Gasteiger partial charge in [0.2, 0.25) is 0 Å². The van der Waals surface area contributed by atoms with Crippen molar-refractivity contribution in [2.24, 2.45) is 0 Å². The van der Waals surface area contributed by atoms with Crippen LogP contribution in [0.5, 0.6) is 0 Å². The molecule has 0 radical (unpaired) electrons. The molecule has 0 bridgehead atoms. The largest absolute Gasteiger partial charge is 0.236 e. The molecule has 0 aliphatic heterocycles. The number of benzene rings is 2. The van der Waals surface area contributed by atoms with Crippen LogP contribution in [0.15, 0.2) is 53.9 Å². The van der Waals surface area contributed by atoms with Crippen LogP contribution in [0, 0.1) is 12.7 Å². The molecule has 0 aliphatic carbocycles. The Labute approximate surface area is 115 Å². The summed E-state index contributed by atoms with van der Waals surface area (Å²) in [6.45, 7) is 2.05. The first kappa shape index (κ1) is 12.1.